The summed E-state index contributed by atoms with van der Waals surface area (Å²) in [6.45, 7) is 6.15. The van der Waals surface area contributed by atoms with E-state index in [2.05, 4.69) is 4.90 Å². The van der Waals surface area contributed by atoms with Crippen molar-refractivity contribution in [2.45, 2.75) is 25.9 Å². The fraction of sp³-hybridized carbons (Fsp3) is 0.688. The zero-order chi connectivity index (χ0) is 17.2. The van der Waals surface area contributed by atoms with Crippen LogP contribution < -0.4 is 0 Å². The third kappa shape index (κ3) is 3.99. The van der Waals surface area contributed by atoms with Crippen LogP contribution in [0.15, 0.2) is 16.7 Å². The van der Waals surface area contributed by atoms with Crippen LogP contribution in [0.3, 0.4) is 0 Å². The molecule has 0 aliphatic carbocycles. The molecular formula is C16H24N2O5S. The Kier molecular flexibility index (Phi) is 5.27. The number of hydrogen-bond donors (Lipinski definition) is 0. The van der Waals surface area contributed by atoms with Gasteiger partial charge in [-0.15, -0.1) is 0 Å². The van der Waals surface area contributed by atoms with Gasteiger partial charge in [0.1, 0.15) is 12.0 Å². The highest BCUT2D eigenvalue weighted by Gasteiger charge is 2.34. The first-order chi connectivity index (χ1) is 11.5. The second-order valence-corrected chi connectivity index (χ2v) is 8.57. The van der Waals surface area contributed by atoms with Crippen LogP contribution in [0.5, 0.6) is 0 Å². The van der Waals surface area contributed by atoms with Crippen LogP contribution in [-0.4, -0.2) is 74.5 Å². The number of amides is 1. The minimum Gasteiger partial charge on any atom is -0.467 e. The lowest BCUT2D eigenvalue weighted by molar-refractivity contribution is 0.0313. The standard InChI is InChI=1S/C16H24N2O5S/c1-2-18(14-3-8-24(20,21)12-14)16(19)13-9-15(23-11-13)10-17-4-6-22-7-5-17/h9,11,14H,2-8,10,12H2,1H3. The van der Waals surface area contributed by atoms with Crippen molar-refractivity contribution in [1.82, 2.24) is 9.80 Å². The highest BCUT2D eigenvalue weighted by atomic mass is 32.2. The summed E-state index contributed by atoms with van der Waals surface area (Å²) in [4.78, 5) is 16.6. The summed E-state index contributed by atoms with van der Waals surface area (Å²) < 4.78 is 34.2. The summed E-state index contributed by atoms with van der Waals surface area (Å²) in [6, 6.07) is 1.54. The lowest BCUT2D eigenvalue weighted by atomic mass is 10.2. The van der Waals surface area contributed by atoms with Crippen LogP contribution in [0.25, 0.3) is 0 Å². The number of hydrogen-bond acceptors (Lipinski definition) is 6. The molecule has 3 heterocycles. The third-order valence-corrected chi connectivity index (χ3v) is 6.38. The minimum atomic E-state index is -3.02. The Labute approximate surface area is 142 Å². The third-order valence-electron chi connectivity index (χ3n) is 4.63. The van der Waals surface area contributed by atoms with Crippen LogP contribution in [-0.2, 0) is 21.1 Å². The zero-order valence-electron chi connectivity index (χ0n) is 13.9. The second-order valence-electron chi connectivity index (χ2n) is 6.34. The van der Waals surface area contributed by atoms with Crippen molar-refractivity contribution in [1.29, 1.82) is 0 Å². The van der Waals surface area contributed by atoms with E-state index < -0.39 is 9.84 Å². The van der Waals surface area contributed by atoms with Gasteiger partial charge in [-0.2, -0.15) is 0 Å². The molecule has 7 nitrogen and oxygen atoms in total. The van der Waals surface area contributed by atoms with Crippen molar-refractivity contribution in [3.63, 3.8) is 0 Å². The van der Waals surface area contributed by atoms with Crippen LogP contribution in [0.4, 0.5) is 0 Å². The highest BCUT2D eigenvalue weighted by molar-refractivity contribution is 7.91. The predicted octanol–water partition coefficient (Wildman–Crippen LogP) is 0.761. The van der Waals surface area contributed by atoms with Gasteiger partial charge in [0, 0.05) is 25.7 Å². The Morgan fingerprint density at radius 2 is 2.12 bits per heavy atom. The maximum absolute atomic E-state index is 12.7. The number of carbonyl (C=O) groups excluding carboxylic acids is 1. The molecule has 1 atom stereocenters. The van der Waals surface area contributed by atoms with Gasteiger partial charge in [0.05, 0.1) is 36.8 Å². The van der Waals surface area contributed by atoms with Crippen molar-refractivity contribution in [3.8, 4) is 0 Å². The Morgan fingerprint density at radius 1 is 1.38 bits per heavy atom. The molecule has 3 rings (SSSR count). The van der Waals surface area contributed by atoms with Crippen molar-refractivity contribution in [2.75, 3.05) is 44.4 Å². The van der Waals surface area contributed by atoms with E-state index in [0.717, 1.165) is 18.8 Å². The van der Waals surface area contributed by atoms with Crippen LogP contribution in [0.1, 0.15) is 29.5 Å². The van der Waals surface area contributed by atoms with E-state index in [1.165, 1.54) is 6.26 Å². The molecule has 2 aliphatic heterocycles. The Bertz CT molecular complexity index is 678. The number of sulfone groups is 1. The summed E-state index contributed by atoms with van der Waals surface area (Å²) in [5.74, 6) is 0.812. The highest BCUT2D eigenvalue weighted by Crippen LogP contribution is 2.21. The monoisotopic (exact) mass is 356 g/mol. The van der Waals surface area contributed by atoms with Gasteiger partial charge in [0.15, 0.2) is 9.84 Å². The fourth-order valence-corrected chi connectivity index (χ4v) is 5.04. The van der Waals surface area contributed by atoms with Gasteiger partial charge in [-0.3, -0.25) is 9.69 Å². The van der Waals surface area contributed by atoms with Gasteiger partial charge in [-0.25, -0.2) is 8.42 Å². The Morgan fingerprint density at radius 3 is 2.75 bits per heavy atom. The molecule has 2 fully saturated rings. The maximum Gasteiger partial charge on any atom is 0.257 e. The molecule has 0 saturated carbocycles. The van der Waals surface area contributed by atoms with Gasteiger partial charge in [0.25, 0.3) is 5.91 Å². The molecule has 0 N–H and O–H groups in total. The second kappa shape index (κ2) is 7.25. The van der Waals surface area contributed by atoms with Crippen molar-refractivity contribution in [3.05, 3.63) is 23.7 Å². The summed E-state index contributed by atoms with van der Waals surface area (Å²) in [7, 11) is -3.02. The number of nitrogens with zero attached hydrogens (tertiary/aromatic N) is 2. The molecule has 0 bridgehead atoms. The SMILES string of the molecule is CCN(C(=O)c1coc(CN2CCOCC2)c1)C1CCS(=O)(=O)C1. The van der Waals surface area contributed by atoms with E-state index >= 15 is 0 Å². The number of furan rings is 1. The van der Waals surface area contributed by atoms with Crippen LogP contribution in [0, 0.1) is 0 Å². The first-order valence-corrected chi connectivity index (χ1v) is 10.2. The normalized spacial score (nSPS) is 24.1. The van der Waals surface area contributed by atoms with E-state index in [1.807, 2.05) is 6.92 Å². The number of ether oxygens (including phenoxy) is 1. The van der Waals surface area contributed by atoms with E-state index in [-0.39, 0.29) is 23.5 Å². The van der Waals surface area contributed by atoms with E-state index in [1.54, 1.807) is 11.0 Å². The lowest BCUT2D eigenvalue weighted by Crippen LogP contribution is -2.40. The molecule has 2 saturated heterocycles. The van der Waals surface area contributed by atoms with Crippen molar-refractivity contribution < 1.29 is 22.4 Å². The van der Waals surface area contributed by atoms with Gasteiger partial charge in [-0.1, -0.05) is 0 Å². The quantitative estimate of drug-likeness (QED) is 0.775. The molecule has 0 aromatic carbocycles. The average molecular weight is 356 g/mol. The van der Waals surface area contributed by atoms with E-state index in [4.69, 9.17) is 9.15 Å². The summed E-state index contributed by atoms with van der Waals surface area (Å²) in [5.41, 5.74) is 0.490. The first kappa shape index (κ1) is 17.4. The van der Waals surface area contributed by atoms with Gasteiger partial charge in [-0.05, 0) is 19.4 Å². The van der Waals surface area contributed by atoms with Crippen molar-refractivity contribution >= 4 is 15.7 Å². The molecular weight excluding hydrogens is 332 g/mol. The Balaban J connectivity index is 1.65. The maximum atomic E-state index is 12.7. The average Bonchev–Trinajstić information content (AvgIpc) is 3.16. The van der Waals surface area contributed by atoms with E-state index in [9.17, 15) is 13.2 Å². The lowest BCUT2D eigenvalue weighted by Gasteiger charge is -2.26. The number of morpholine rings is 1. The summed E-state index contributed by atoms with van der Waals surface area (Å²) in [6.07, 6.45) is 1.99. The van der Waals surface area contributed by atoms with Crippen molar-refractivity contribution in [2.24, 2.45) is 0 Å². The molecule has 1 unspecified atom stereocenters. The summed E-state index contributed by atoms with van der Waals surface area (Å²) in [5, 5.41) is 0. The molecule has 1 amide bonds. The number of rotatable bonds is 5. The first-order valence-electron chi connectivity index (χ1n) is 8.37. The topological polar surface area (TPSA) is 80.1 Å². The number of carbonyl (C=O) groups is 1. The zero-order valence-corrected chi connectivity index (χ0v) is 14.8. The molecule has 2 aliphatic rings. The van der Waals surface area contributed by atoms with Gasteiger partial charge in [0.2, 0.25) is 0 Å². The minimum absolute atomic E-state index is 0.0606. The predicted molar refractivity (Wildman–Crippen MR) is 88.6 cm³/mol. The molecule has 24 heavy (non-hydrogen) atoms. The van der Waals surface area contributed by atoms with Crippen LogP contribution in [0.2, 0.25) is 0 Å². The largest absolute Gasteiger partial charge is 0.467 e. The molecule has 0 radical (unpaired) electrons. The Hall–Kier alpha value is -1.38. The van der Waals surface area contributed by atoms with E-state index in [0.29, 0.717) is 38.3 Å². The van der Waals surface area contributed by atoms with Gasteiger partial charge >= 0.3 is 0 Å². The molecule has 1 aromatic rings. The molecule has 1 aromatic heterocycles. The van der Waals surface area contributed by atoms with Gasteiger partial charge < -0.3 is 14.1 Å². The fourth-order valence-electron chi connectivity index (χ4n) is 3.31. The van der Waals surface area contributed by atoms with Crippen LogP contribution >= 0.6 is 0 Å². The molecule has 134 valence electrons. The molecule has 0 spiro atoms. The summed E-state index contributed by atoms with van der Waals surface area (Å²) >= 11 is 0. The smallest absolute Gasteiger partial charge is 0.257 e. The molecule has 8 heteroatoms.